The summed E-state index contributed by atoms with van der Waals surface area (Å²) in [5, 5.41) is 0. The van der Waals surface area contributed by atoms with Crippen LogP contribution in [0.15, 0.2) is 88.5 Å². The molecule has 5 rings (SSSR count). The summed E-state index contributed by atoms with van der Waals surface area (Å²) in [6, 6.07) is 21.8. The van der Waals surface area contributed by atoms with Crippen LogP contribution in [0.4, 0.5) is 11.4 Å². The first-order chi connectivity index (χ1) is 16.6. The number of carbonyl (C=O) groups is 1. The molecule has 34 heavy (non-hydrogen) atoms. The number of carbonyl (C=O) groups excluding carboxylic acids is 1. The molecule has 0 bridgehead atoms. The highest BCUT2D eigenvalue weighted by molar-refractivity contribution is 9.10. The molecule has 1 aliphatic carbocycles. The molecule has 0 radical (unpaired) electrons. The normalized spacial score (nSPS) is 16.7. The molecule has 0 aromatic heterocycles. The average molecular weight is 516 g/mol. The van der Waals surface area contributed by atoms with Crippen LogP contribution in [0.3, 0.4) is 0 Å². The van der Waals surface area contributed by atoms with Crippen molar-refractivity contribution in [1.29, 1.82) is 0 Å². The van der Waals surface area contributed by atoms with E-state index in [1.165, 1.54) is 6.20 Å². The molecule has 2 N–H and O–H groups in total. The molecule has 1 aliphatic heterocycles. The van der Waals surface area contributed by atoms with Crippen molar-refractivity contribution in [1.82, 2.24) is 0 Å². The minimum atomic E-state index is -0.454. The summed E-state index contributed by atoms with van der Waals surface area (Å²) in [7, 11) is 1.65. The van der Waals surface area contributed by atoms with E-state index in [1.54, 1.807) is 13.2 Å². The van der Waals surface area contributed by atoms with Gasteiger partial charge in [-0.2, -0.15) is 0 Å². The zero-order valence-corrected chi connectivity index (χ0v) is 20.6. The Hall–Kier alpha value is -3.38. The van der Waals surface area contributed by atoms with Gasteiger partial charge in [-0.25, -0.2) is 4.99 Å². The van der Waals surface area contributed by atoms with Crippen LogP contribution in [0.25, 0.3) is 0 Å². The monoisotopic (exact) mass is 515 g/mol. The van der Waals surface area contributed by atoms with Crippen molar-refractivity contribution in [3.8, 4) is 5.75 Å². The average Bonchev–Trinajstić information content (AvgIpc) is 3.08. The minimum Gasteiger partial charge on any atom is -0.497 e. The molecule has 0 unspecified atom stereocenters. The lowest BCUT2D eigenvalue weighted by molar-refractivity contribution is -0.126. The zero-order valence-electron chi connectivity index (χ0n) is 19.0. The Kier molecular flexibility index (Phi) is 6.00. The second-order valence-corrected chi connectivity index (χ2v) is 9.58. The van der Waals surface area contributed by atoms with E-state index < -0.39 is 5.41 Å². The van der Waals surface area contributed by atoms with E-state index >= 15 is 0 Å². The first kappa shape index (κ1) is 22.4. The van der Waals surface area contributed by atoms with Gasteiger partial charge in [0.2, 0.25) is 5.91 Å². The Balaban J connectivity index is 1.58. The molecule has 1 amide bonds. The predicted octanol–water partition coefficient (Wildman–Crippen LogP) is 6.02. The molecule has 1 fully saturated rings. The molecule has 1 heterocycles. The Labute approximate surface area is 208 Å². The molecule has 0 atom stereocenters. The smallest absolute Gasteiger partial charge is 0.238 e. The van der Waals surface area contributed by atoms with Crippen molar-refractivity contribution in [3.63, 3.8) is 0 Å². The third kappa shape index (κ3) is 3.82. The van der Waals surface area contributed by atoms with E-state index in [1.807, 2.05) is 65.6 Å². The molecule has 0 saturated heterocycles. The fourth-order valence-corrected chi connectivity index (χ4v) is 5.54. The summed E-state index contributed by atoms with van der Waals surface area (Å²) in [5.41, 5.74) is 10.9. The maximum atomic E-state index is 13.8. The first-order valence-corrected chi connectivity index (χ1v) is 12.2. The lowest BCUT2D eigenvalue weighted by Gasteiger charge is -2.37. The van der Waals surface area contributed by atoms with Gasteiger partial charge in [-0.05, 0) is 88.6 Å². The second-order valence-electron chi connectivity index (χ2n) is 8.72. The van der Waals surface area contributed by atoms with Gasteiger partial charge in [0.1, 0.15) is 5.75 Å². The number of halogens is 1. The van der Waals surface area contributed by atoms with Crippen LogP contribution in [0.2, 0.25) is 0 Å². The molecular formula is C28H26BrN3O2. The number of amides is 1. The fourth-order valence-electron chi connectivity index (χ4n) is 4.87. The standard InChI is InChI=1S/C28H26BrN3O2/c1-34-22-10-8-19(9-11-22)18-32-26-23(28(27(32)33)13-5-14-28)16-20(17-24(26)29)25(12-15-30)31-21-6-3-2-4-7-21/h2-4,6-12,15-17H,5,13-14,18,30H2,1H3. The van der Waals surface area contributed by atoms with Gasteiger partial charge in [-0.1, -0.05) is 36.8 Å². The molecule has 1 spiro atoms. The van der Waals surface area contributed by atoms with E-state index in [9.17, 15) is 4.79 Å². The molecular weight excluding hydrogens is 490 g/mol. The zero-order chi connectivity index (χ0) is 23.7. The number of ether oxygens (including phenoxy) is 1. The maximum absolute atomic E-state index is 13.8. The van der Waals surface area contributed by atoms with Gasteiger partial charge in [0.05, 0.1) is 36.2 Å². The highest BCUT2D eigenvalue weighted by Crippen LogP contribution is 2.56. The van der Waals surface area contributed by atoms with Gasteiger partial charge in [0, 0.05) is 10.0 Å². The van der Waals surface area contributed by atoms with Crippen LogP contribution >= 0.6 is 15.9 Å². The van der Waals surface area contributed by atoms with E-state index in [-0.39, 0.29) is 5.91 Å². The van der Waals surface area contributed by atoms with Crippen LogP contribution in [0.5, 0.6) is 5.75 Å². The van der Waals surface area contributed by atoms with Gasteiger partial charge in [0.25, 0.3) is 0 Å². The molecule has 6 heteroatoms. The van der Waals surface area contributed by atoms with Crippen molar-refractivity contribution in [3.05, 3.63) is 100 Å². The van der Waals surface area contributed by atoms with Crippen molar-refractivity contribution in [2.24, 2.45) is 10.7 Å². The van der Waals surface area contributed by atoms with Crippen LogP contribution in [-0.4, -0.2) is 18.7 Å². The van der Waals surface area contributed by atoms with Crippen molar-refractivity contribution >= 4 is 38.9 Å². The summed E-state index contributed by atoms with van der Waals surface area (Å²) in [5.74, 6) is 0.981. The summed E-state index contributed by atoms with van der Waals surface area (Å²) in [4.78, 5) is 20.5. The number of methoxy groups -OCH3 is 1. The first-order valence-electron chi connectivity index (χ1n) is 11.4. The molecule has 3 aromatic rings. The summed E-state index contributed by atoms with van der Waals surface area (Å²) in [6.45, 7) is 0.517. The Morgan fingerprint density at radius 3 is 2.50 bits per heavy atom. The number of allylic oxidation sites excluding steroid dienone is 1. The Morgan fingerprint density at radius 1 is 1.15 bits per heavy atom. The van der Waals surface area contributed by atoms with Crippen LogP contribution in [-0.2, 0) is 16.8 Å². The molecule has 172 valence electrons. The van der Waals surface area contributed by atoms with Gasteiger partial charge < -0.3 is 15.4 Å². The predicted molar refractivity (Wildman–Crippen MR) is 140 cm³/mol. The van der Waals surface area contributed by atoms with Crippen LogP contribution in [0.1, 0.15) is 36.0 Å². The van der Waals surface area contributed by atoms with Gasteiger partial charge in [-0.15, -0.1) is 0 Å². The minimum absolute atomic E-state index is 0.179. The van der Waals surface area contributed by atoms with E-state index in [0.29, 0.717) is 6.54 Å². The number of hydrogen-bond donors (Lipinski definition) is 1. The number of fused-ring (bicyclic) bond motifs is 2. The number of anilines is 1. The SMILES string of the molecule is COc1ccc(CN2C(=O)C3(CCC3)c3cc(C(C=CN)=Nc4ccccc4)cc(Br)c32)cc1. The topological polar surface area (TPSA) is 67.9 Å². The van der Waals surface area contributed by atoms with E-state index in [2.05, 4.69) is 22.0 Å². The van der Waals surface area contributed by atoms with Crippen molar-refractivity contribution in [2.45, 2.75) is 31.2 Å². The Morgan fingerprint density at radius 2 is 1.88 bits per heavy atom. The second kappa shape index (κ2) is 9.11. The van der Waals surface area contributed by atoms with E-state index in [0.717, 1.165) is 63.3 Å². The van der Waals surface area contributed by atoms with Crippen LogP contribution in [0, 0.1) is 0 Å². The summed E-state index contributed by atoms with van der Waals surface area (Å²) >= 11 is 3.79. The number of para-hydroxylation sites is 1. The maximum Gasteiger partial charge on any atom is 0.238 e. The fraction of sp³-hybridized carbons (Fsp3) is 0.214. The lowest BCUT2D eigenvalue weighted by Crippen LogP contribution is -2.44. The number of benzene rings is 3. The summed E-state index contributed by atoms with van der Waals surface area (Å²) in [6.07, 6.45) is 6.10. The third-order valence-corrected chi connectivity index (χ3v) is 7.37. The van der Waals surface area contributed by atoms with Crippen LogP contribution < -0.4 is 15.4 Å². The highest BCUT2D eigenvalue weighted by Gasteiger charge is 2.55. The number of hydrogen-bond acceptors (Lipinski definition) is 4. The number of nitrogens with two attached hydrogens (primary N) is 1. The number of nitrogens with zero attached hydrogens (tertiary/aromatic N) is 2. The molecule has 3 aromatic carbocycles. The quantitative estimate of drug-likeness (QED) is 0.408. The lowest BCUT2D eigenvalue weighted by atomic mass is 9.65. The highest BCUT2D eigenvalue weighted by atomic mass is 79.9. The molecule has 1 saturated carbocycles. The Bertz CT molecular complexity index is 1280. The number of rotatable bonds is 6. The van der Waals surface area contributed by atoms with Crippen molar-refractivity contribution in [2.75, 3.05) is 12.0 Å². The van der Waals surface area contributed by atoms with Crippen molar-refractivity contribution < 1.29 is 9.53 Å². The van der Waals surface area contributed by atoms with Gasteiger partial charge in [0.15, 0.2) is 0 Å². The summed E-state index contributed by atoms with van der Waals surface area (Å²) < 4.78 is 6.17. The molecule has 5 nitrogen and oxygen atoms in total. The largest absolute Gasteiger partial charge is 0.497 e. The number of aliphatic imine (C=N–C) groups is 1. The molecule has 2 aliphatic rings. The van der Waals surface area contributed by atoms with Gasteiger partial charge >= 0.3 is 0 Å². The third-order valence-electron chi connectivity index (χ3n) is 6.77. The van der Waals surface area contributed by atoms with Gasteiger partial charge in [-0.3, -0.25) is 4.79 Å². The van der Waals surface area contributed by atoms with E-state index in [4.69, 9.17) is 15.5 Å².